The van der Waals surface area contributed by atoms with Gasteiger partial charge in [-0.15, -0.1) is 0 Å². The second kappa shape index (κ2) is 34.0. The lowest BCUT2D eigenvalue weighted by Gasteiger charge is -2.09. The van der Waals surface area contributed by atoms with Crippen LogP contribution in [-0.4, -0.2) is 143 Å². The molecule has 0 fully saturated rings. The van der Waals surface area contributed by atoms with Crippen molar-refractivity contribution in [3.8, 4) is 0 Å². The van der Waals surface area contributed by atoms with Crippen molar-refractivity contribution < 1.29 is 52.1 Å². The maximum atomic E-state index is 5.56. The van der Waals surface area contributed by atoms with Gasteiger partial charge in [0.2, 0.25) is 0 Å². The van der Waals surface area contributed by atoms with Gasteiger partial charge in [-0.1, -0.05) is 52.9 Å². The first-order chi connectivity index (χ1) is 20.4. The van der Waals surface area contributed by atoms with Gasteiger partial charge in [0.15, 0.2) is 0 Å². The number of benzene rings is 1. The van der Waals surface area contributed by atoms with Gasteiger partial charge in [-0.2, -0.15) is 0 Å². The topological polar surface area (TPSA) is 102 Å². The highest BCUT2D eigenvalue weighted by atomic mass is 127. The first kappa shape index (κ1) is 38.5. The number of hydrogen-bond acceptors (Lipinski definition) is 11. The van der Waals surface area contributed by atoms with Crippen molar-refractivity contribution in [2.45, 2.75) is 6.61 Å². The van der Waals surface area contributed by atoms with Crippen LogP contribution in [0.4, 0.5) is 0 Å². The Kier molecular flexibility index (Phi) is 32.0. The third kappa shape index (κ3) is 30.8. The summed E-state index contributed by atoms with van der Waals surface area (Å²) in [7, 11) is 0. The van der Waals surface area contributed by atoms with Crippen molar-refractivity contribution >= 4 is 22.6 Å². The van der Waals surface area contributed by atoms with E-state index in [1.54, 1.807) is 0 Å². The molecule has 240 valence electrons. The molecule has 0 aromatic heterocycles. The molecule has 0 saturated carbocycles. The largest absolute Gasteiger partial charge is 0.378 e. The van der Waals surface area contributed by atoms with Crippen LogP contribution in [0.15, 0.2) is 30.3 Å². The van der Waals surface area contributed by atoms with Crippen molar-refractivity contribution in [3.63, 3.8) is 0 Å². The minimum atomic E-state index is 0.521. The third-order valence-electron chi connectivity index (χ3n) is 5.05. The summed E-state index contributed by atoms with van der Waals surface area (Å²) in [5.74, 6) is 0. The molecule has 1 aromatic carbocycles. The van der Waals surface area contributed by atoms with E-state index >= 15 is 0 Å². The molecule has 11 nitrogen and oxygen atoms in total. The van der Waals surface area contributed by atoms with Crippen molar-refractivity contribution in [2.75, 3.05) is 143 Å². The zero-order valence-electron chi connectivity index (χ0n) is 24.5. The molecular weight excluding hydrogens is 651 g/mol. The summed E-state index contributed by atoms with van der Waals surface area (Å²) < 4.78 is 61.0. The fraction of sp³-hybridized carbons (Fsp3) is 0.793. The maximum Gasteiger partial charge on any atom is 0.0718 e. The summed E-state index contributed by atoms with van der Waals surface area (Å²) in [4.78, 5) is 0. The van der Waals surface area contributed by atoms with E-state index < -0.39 is 0 Å². The standard InChI is InChI=1S/C29H51IO11/c30-6-7-31-8-9-32-10-11-33-12-13-34-14-15-35-16-17-36-18-19-37-20-21-38-22-23-39-24-25-40-26-27-41-28-29-4-2-1-3-5-29/h1-5H,6-28H2. The molecule has 41 heavy (non-hydrogen) atoms. The zero-order valence-corrected chi connectivity index (χ0v) is 26.7. The summed E-state index contributed by atoms with van der Waals surface area (Å²) >= 11 is 2.28. The second-order valence-electron chi connectivity index (χ2n) is 8.35. The second-order valence-corrected chi connectivity index (χ2v) is 9.43. The van der Waals surface area contributed by atoms with Crippen LogP contribution in [0.3, 0.4) is 0 Å². The van der Waals surface area contributed by atoms with Gasteiger partial charge in [0, 0.05) is 4.43 Å². The van der Waals surface area contributed by atoms with Crippen LogP contribution in [0.25, 0.3) is 0 Å². The van der Waals surface area contributed by atoms with Gasteiger partial charge in [0.1, 0.15) is 0 Å². The molecule has 0 N–H and O–H groups in total. The van der Waals surface area contributed by atoms with E-state index in [1.165, 1.54) is 0 Å². The van der Waals surface area contributed by atoms with Gasteiger partial charge >= 0.3 is 0 Å². The Balaban J connectivity index is 1.61. The molecule has 0 aliphatic rings. The Morgan fingerprint density at radius 3 is 0.829 bits per heavy atom. The number of hydrogen-bond donors (Lipinski definition) is 0. The molecular formula is C29H51IO11. The van der Waals surface area contributed by atoms with Gasteiger partial charge in [0.05, 0.1) is 145 Å². The fourth-order valence-corrected chi connectivity index (χ4v) is 3.33. The summed E-state index contributed by atoms with van der Waals surface area (Å²) in [5, 5.41) is 0. The van der Waals surface area contributed by atoms with Crippen molar-refractivity contribution in [1.82, 2.24) is 0 Å². The highest BCUT2D eigenvalue weighted by Crippen LogP contribution is 2.00. The molecule has 0 amide bonds. The van der Waals surface area contributed by atoms with Crippen LogP contribution in [0, 0.1) is 0 Å². The summed E-state index contributed by atoms with van der Waals surface area (Å²) in [6.07, 6.45) is 0. The van der Waals surface area contributed by atoms with Crippen LogP contribution < -0.4 is 0 Å². The van der Waals surface area contributed by atoms with Crippen LogP contribution in [0.1, 0.15) is 5.56 Å². The Labute approximate surface area is 259 Å². The molecule has 0 heterocycles. The van der Waals surface area contributed by atoms with Gasteiger partial charge in [-0.3, -0.25) is 0 Å². The lowest BCUT2D eigenvalue weighted by Crippen LogP contribution is -2.15. The number of ether oxygens (including phenoxy) is 11. The first-order valence-corrected chi connectivity index (χ1v) is 15.9. The average molecular weight is 703 g/mol. The molecule has 0 aliphatic heterocycles. The minimum Gasteiger partial charge on any atom is -0.378 e. The monoisotopic (exact) mass is 702 g/mol. The van der Waals surface area contributed by atoms with Gasteiger partial charge < -0.3 is 52.1 Å². The Bertz CT molecular complexity index is 616. The summed E-state index contributed by atoms with van der Waals surface area (Å²) in [6.45, 7) is 12.2. The molecule has 0 bridgehead atoms. The summed E-state index contributed by atoms with van der Waals surface area (Å²) in [5.41, 5.74) is 1.16. The lowest BCUT2D eigenvalue weighted by molar-refractivity contribution is -0.0275. The van der Waals surface area contributed by atoms with E-state index in [0.29, 0.717) is 139 Å². The maximum absolute atomic E-state index is 5.56. The number of halogens is 1. The Morgan fingerprint density at radius 2 is 0.561 bits per heavy atom. The highest BCUT2D eigenvalue weighted by molar-refractivity contribution is 14.1. The minimum absolute atomic E-state index is 0.521. The molecule has 0 unspecified atom stereocenters. The van der Waals surface area contributed by atoms with E-state index in [4.69, 9.17) is 52.1 Å². The van der Waals surface area contributed by atoms with E-state index in [9.17, 15) is 0 Å². The van der Waals surface area contributed by atoms with Crippen LogP contribution in [-0.2, 0) is 58.7 Å². The highest BCUT2D eigenvalue weighted by Gasteiger charge is 1.96. The van der Waals surface area contributed by atoms with Crippen molar-refractivity contribution in [3.05, 3.63) is 35.9 Å². The molecule has 0 saturated heterocycles. The molecule has 0 aliphatic carbocycles. The molecule has 0 atom stereocenters. The van der Waals surface area contributed by atoms with Crippen LogP contribution in [0.2, 0.25) is 0 Å². The van der Waals surface area contributed by atoms with E-state index in [1.807, 2.05) is 30.3 Å². The average Bonchev–Trinajstić information content (AvgIpc) is 3.00. The predicted octanol–water partition coefficient (Wildman–Crippen LogP) is 2.80. The molecule has 0 spiro atoms. The molecule has 12 heteroatoms. The lowest BCUT2D eigenvalue weighted by atomic mass is 10.2. The third-order valence-corrected chi connectivity index (χ3v) is 5.49. The molecule has 1 rings (SSSR count). The van der Waals surface area contributed by atoms with Crippen molar-refractivity contribution in [2.24, 2.45) is 0 Å². The van der Waals surface area contributed by atoms with Gasteiger partial charge in [0.25, 0.3) is 0 Å². The number of alkyl halides is 1. The SMILES string of the molecule is ICCOCCOCCOCCOCCOCCOCCOCCOCCOCCOCCOCc1ccccc1. The summed E-state index contributed by atoms with van der Waals surface area (Å²) in [6, 6.07) is 10.1. The molecule has 0 radical (unpaired) electrons. The normalized spacial score (nSPS) is 11.4. The Hall–Kier alpha value is -0.490. The smallest absolute Gasteiger partial charge is 0.0718 e. The van der Waals surface area contributed by atoms with Crippen LogP contribution in [0.5, 0.6) is 0 Å². The number of rotatable bonds is 34. The predicted molar refractivity (Wildman–Crippen MR) is 163 cm³/mol. The van der Waals surface area contributed by atoms with Gasteiger partial charge in [-0.05, 0) is 5.56 Å². The van der Waals surface area contributed by atoms with Crippen molar-refractivity contribution in [1.29, 1.82) is 0 Å². The first-order valence-electron chi connectivity index (χ1n) is 14.4. The van der Waals surface area contributed by atoms with E-state index in [-0.39, 0.29) is 0 Å². The fourth-order valence-electron chi connectivity index (χ4n) is 3.02. The zero-order chi connectivity index (χ0) is 29.2. The van der Waals surface area contributed by atoms with E-state index in [0.717, 1.165) is 16.6 Å². The Morgan fingerprint density at radius 1 is 0.317 bits per heavy atom. The van der Waals surface area contributed by atoms with Gasteiger partial charge in [-0.25, -0.2) is 0 Å². The quantitative estimate of drug-likeness (QED) is 0.0603. The van der Waals surface area contributed by atoms with Crippen LogP contribution >= 0.6 is 22.6 Å². The molecule has 1 aromatic rings. The van der Waals surface area contributed by atoms with E-state index in [2.05, 4.69) is 22.6 Å².